The molecule has 3 aliphatic rings. The van der Waals surface area contributed by atoms with E-state index in [2.05, 4.69) is 10.6 Å². The van der Waals surface area contributed by atoms with Gasteiger partial charge >= 0.3 is 0 Å². The van der Waals surface area contributed by atoms with Crippen molar-refractivity contribution in [2.45, 2.75) is 68.5 Å². The van der Waals surface area contributed by atoms with E-state index in [1.807, 2.05) is 62.4 Å². The number of benzene rings is 2. The number of carbonyl (C=O) groups is 3. The SMILES string of the molecule is Cc1cccc(C)c1NC(=O)C1N(CCCCCO)C(=O)[C@@H]2[C@H](C(=O)NCc3ccccc3)[C@@H]3CCC12S3. The van der Waals surface area contributed by atoms with Crippen LogP contribution in [0, 0.1) is 25.7 Å². The number of unbranched alkanes of at least 4 members (excludes halogenated alkanes) is 2. The summed E-state index contributed by atoms with van der Waals surface area (Å²) in [6, 6.07) is 15.1. The van der Waals surface area contributed by atoms with Crippen LogP contribution in [0.15, 0.2) is 48.5 Å². The summed E-state index contributed by atoms with van der Waals surface area (Å²) in [7, 11) is 0. The Kier molecular flexibility index (Phi) is 7.82. The molecule has 0 saturated carbocycles. The maximum atomic E-state index is 14.0. The van der Waals surface area contributed by atoms with Crippen molar-refractivity contribution < 1.29 is 19.5 Å². The summed E-state index contributed by atoms with van der Waals surface area (Å²) in [5.74, 6) is -1.29. The Morgan fingerprint density at radius 3 is 2.47 bits per heavy atom. The van der Waals surface area contributed by atoms with Crippen LogP contribution in [0.25, 0.3) is 0 Å². The highest BCUT2D eigenvalue weighted by atomic mass is 32.2. The number of thioether (sulfide) groups is 1. The molecule has 2 unspecified atom stereocenters. The molecular formula is C30H37N3O4S. The fourth-order valence-corrected chi connectivity index (χ4v) is 8.89. The number of amides is 3. The molecule has 2 bridgehead atoms. The summed E-state index contributed by atoms with van der Waals surface area (Å²) >= 11 is 1.69. The standard InChI is InChI=1S/C30H37N3O4S/c1-19-10-9-11-20(2)25(19)32-28(36)26-30-15-14-22(38-30)23(27(35)31-18-21-12-5-3-6-13-21)24(30)29(37)33(26)16-7-4-8-17-34/h3,5-6,9-13,22-24,26,34H,4,7-8,14-18H2,1-2H3,(H,31,35)(H,32,36)/t22-,23+,24-,26?,30?/m0/s1. The normalized spacial score (nSPS) is 27.4. The van der Waals surface area contributed by atoms with Gasteiger partial charge in [-0.1, -0.05) is 48.5 Å². The zero-order valence-corrected chi connectivity index (χ0v) is 22.9. The number of fused-ring (bicyclic) bond motifs is 1. The van der Waals surface area contributed by atoms with E-state index in [0.29, 0.717) is 25.9 Å². The molecule has 3 N–H and O–H groups in total. The lowest BCUT2D eigenvalue weighted by molar-refractivity contribution is -0.139. The number of nitrogens with zero attached hydrogens (tertiary/aromatic N) is 1. The molecule has 5 rings (SSSR count). The second kappa shape index (κ2) is 11.1. The van der Waals surface area contributed by atoms with Gasteiger partial charge in [0.1, 0.15) is 6.04 Å². The van der Waals surface area contributed by atoms with Crippen molar-refractivity contribution in [3.8, 4) is 0 Å². The van der Waals surface area contributed by atoms with Gasteiger partial charge in [0.05, 0.1) is 16.6 Å². The highest BCUT2D eigenvalue weighted by molar-refractivity contribution is 8.02. The molecule has 3 fully saturated rings. The second-order valence-corrected chi connectivity index (χ2v) is 12.4. The minimum atomic E-state index is -0.630. The number of hydrogen-bond acceptors (Lipinski definition) is 5. The van der Waals surface area contributed by atoms with E-state index in [-0.39, 0.29) is 29.6 Å². The molecule has 3 aliphatic heterocycles. The molecule has 5 atom stereocenters. The average Bonchev–Trinajstić information content (AvgIpc) is 3.55. The number of carbonyl (C=O) groups excluding carboxylic acids is 3. The van der Waals surface area contributed by atoms with Crippen LogP contribution in [0.4, 0.5) is 5.69 Å². The smallest absolute Gasteiger partial charge is 0.248 e. The lowest BCUT2D eigenvalue weighted by Crippen LogP contribution is -2.52. The molecule has 2 aromatic rings. The summed E-state index contributed by atoms with van der Waals surface area (Å²) in [4.78, 5) is 43.3. The van der Waals surface area contributed by atoms with Gasteiger partial charge in [0.25, 0.3) is 0 Å². The van der Waals surface area contributed by atoms with Gasteiger partial charge in [-0.3, -0.25) is 14.4 Å². The maximum absolute atomic E-state index is 14.0. The fraction of sp³-hybridized carbons (Fsp3) is 0.500. The third-order valence-corrected chi connectivity index (χ3v) is 10.4. The largest absolute Gasteiger partial charge is 0.396 e. The van der Waals surface area contributed by atoms with Crippen molar-refractivity contribution in [1.82, 2.24) is 10.2 Å². The van der Waals surface area contributed by atoms with Gasteiger partial charge < -0.3 is 20.6 Å². The van der Waals surface area contributed by atoms with Crippen LogP contribution in [-0.2, 0) is 20.9 Å². The lowest BCUT2D eigenvalue weighted by Gasteiger charge is -2.34. The van der Waals surface area contributed by atoms with Gasteiger partial charge in [-0.05, 0) is 62.6 Å². The first-order valence-corrected chi connectivity index (χ1v) is 14.5. The topological polar surface area (TPSA) is 98.7 Å². The van der Waals surface area contributed by atoms with Crippen LogP contribution < -0.4 is 10.6 Å². The Morgan fingerprint density at radius 2 is 1.76 bits per heavy atom. The molecule has 0 aromatic heterocycles. The van der Waals surface area contributed by atoms with Crippen LogP contribution in [0.1, 0.15) is 48.8 Å². The maximum Gasteiger partial charge on any atom is 0.248 e. The summed E-state index contributed by atoms with van der Waals surface area (Å²) < 4.78 is -0.603. The zero-order valence-electron chi connectivity index (χ0n) is 22.1. The number of rotatable bonds is 10. The summed E-state index contributed by atoms with van der Waals surface area (Å²) in [5, 5.41) is 15.5. The highest BCUT2D eigenvalue weighted by Gasteiger charge is 2.73. The monoisotopic (exact) mass is 535 g/mol. The molecule has 38 heavy (non-hydrogen) atoms. The van der Waals surface area contributed by atoms with Crippen molar-refractivity contribution >= 4 is 35.2 Å². The van der Waals surface area contributed by atoms with Gasteiger partial charge in [0.15, 0.2) is 0 Å². The van der Waals surface area contributed by atoms with E-state index in [4.69, 9.17) is 0 Å². The van der Waals surface area contributed by atoms with Crippen molar-refractivity contribution in [3.63, 3.8) is 0 Å². The van der Waals surface area contributed by atoms with E-state index in [9.17, 15) is 19.5 Å². The second-order valence-electron chi connectivity index (χ2n) is 10.8. The third-order valence-electron chi connectivity index (χ3n) is 8.45. The van der Waals surface area contributed by atoms with Crippen LogP contribution in [0.2, 0.25) is 0 Å². The minimum absolute atomic E-state index is 0.0340. The Bertz CT molecular complexity index is 1180. The Morgan fingerprint density at radius 1 is 1.03 bits per heavy atom. The Labute approximate surface area is 228 Å². The molecule has 3 heterocycles. The minimum Gasteiger partial charge on any atom is -0.396 e. The predicted molar refractivity (Wildman–Crippen MR) is 150 cm³/mol. The lowest BCUT2D eigenvalue weighted by atomic mass is 9.70. The summed E-state index contributed by atoms with van der Waals surface area (Å²) in [5.41, 5.74) is 3.76. The van der Waals surface area contributed by atoms with Crippen LogP contribution in [0.5, 0.6) is 0 Å². The first-order valence-electron chi connectivity index (χ1n) is 13.7. The van der Waals surface area contributed by atoms with E-state index >= 15 is 0 Å². The van der Waals surface area contributed by atoms with Gasteiger partial charge in [-0.2, -0.15) is 0 Å². The first kappa shape index (κ1) is 26.8. The van der Waals surface area contributed by atoms with Gasteiger partial charge in [0.2, 0.25) is 17.7 Å². The quantitative estimate of drug-likeness (QED) is 0.402. The van der Waals surface area contributed by atoms with E-state index in [1.165, 1.54) is 0 Å². The third kappa shape index (κ3) is 4.73. The number of hydrogen-bond donors (Lipinski definition) is 3. The summed E-state index contributed by atoms with van der Waals surface area (Å²) in [6.07, 6.45) is 3.72. The molecule has 3 saturated heterocycles. The number of nitrogens with one attached hydrogen (secondary N) is 2. The number of aliphatic hydroxyl groups excluding tert-OH is 1. The number of anilines is 1. The van der Waals surface area contributed by atoms with E-state index < -0.39 is 22.6 Å². The predicted octanol–water partition coefficient (Wildman–Crippen LogP) is 3.81. The molecule has 3 amide bonds. The van der Waals surface area contributed by atoms with Crippen molar-refractivity contribution in [2.24, 2.45) is 11.8 Å². The van der Waals surface area contributed by atoms with Crippen LogP contribution in [0.3, 0.4) is 0 Å². The van der Waals surface area contributed by atoms with Crippen LogP contribution >= 0.6 is 11.8 Å². The molecular weight excluding hydrogens is 498 g/mol. The number of aryl methyl sites for hydroxylation is 2. The van der Waals surface area contributed by atoms with Crippen molar-refractivity contribution in [2.75, 3.05) is 18.5 Å². The fourth-order valence-electron chi connectivity index (χ4n) is 6.67. The van der Waals surface area contributed by atoms with Crippen molar-refractivity contribution in [3.05, 3.63) is 65.2 Å². The highest BCUT2D eigenvalue weighted by Crippen LogP contribution is 2.66. The molecule has 0 radical (unpaired) electrons. The van der Waals surface area contributed by atoms with Gasteiger partial charge in [-0.25, -0.2) is 0 Å². The molecule has 1 spiro atoms. The molecule has 2 aromatic carbocycles. The molecule has 8 heteroatoms. The van der Waals surface area contributed by atoms with E-state index in [1.54, 1.807) is 16.7 Å². The molecule has 0 aliphatic carbocycles. The molecule has 202 valence electrons. The van der Waals surface area contributed by atoms with Crippen LogP contribution in [-0.4, -0.2) is 56.9 Å². The number of aliphatic hydroxyl groups is 1. The van der Waals surface area contributed by atoms with E-state index in [0.717, 1.165) is 41.6 Å². The average molecular weight is 536 g/mol. The van der Waals surface area contributed by atoms with Crippen molar-refractivity contribution in [1.29, 1.82) is 0 Å². The Balaban J connectivity index is 1.42. The van der Waals surface area contributed by atoms with Gasteiger partial charge in [-0.15, -0.1) is 11.8 Å². The zero-order chi connectivity index (χ0) is 26.9. The first-order chi connectivity index (χ1) is 18.4. The van der Waals surface area contributed by atoms with Gasteiger partial charge in [0, 0.05) is 30.6 Å². The number of likely N-dealkylation sites (tertiary alicyclic amines) is 1. The molecule has 7 nitrogen and oxygen atoms in total. The Hall–Kier alpha value is -2.84. The summed E-state index contributed by atoms with van der Waals surface area (Å²) in [6.45, 7) is 4.92. The number of para-hydroxylation sites is 1.